The van der Waals surface area contributed by atoms with Gasteiger partial charge in [-0.25, -0.2) is 23.6 Å². The first-order chi connectivity index (χ1) is 23.0. The minimum atomic E-state index is -2.77. The number of thiazole rings is 1. The lowest BCUT2D eigenvalue weighted by Gasteiger charge is -2.25. The van der Waals surface area contributed by atoms with Crippen LogP contribution in [0.3, 0.4) is 0 Å². The minimum absolute atomic E-state index is 0.176. The van der Waals surface area contributed by atoms with Crippen LogP contribution in [0.15, 0.2) is 74.6 Å². The van der Waals surface area contributed by atoms with E-state index in [4.69, 9.17) is 9.47 Å². The molecule has 0 saturated heterocycles. The summed E-state index contributed by atoms with van der Waals surface area (Å²) in [6.45, 7) is 5.25. The van der Waals surface area contributed by atoms with Crippen LogP contribution in [0.2, 0.25) is 0 Å². The third-order valence-corrected chi connectivity index (χ3v) is 9.75. The van der Waals surface area contributed by atoms with Gasteiger partial charge in [0.05, 0.1) is 41.1 Å². The van der Waals surface area contributed by atoms with E-state index in [1.54, 1.807) is 39.0 Å². The number of fused-ring (bicyclic) bond motifs is 1. The van der Waals surface area contributed by atoms with Crippen molar-refractivity contribution in [2.24, 2.45) is 4.99 Å². The summed E-state index contributed by atoms with van der Waals surface area (Å²) in [5.74, 6) is 0.290. The Morgan fingerprint density at radius 3 is 2.54 bits per heavy atom. The highest BCUT2D eigenvalue weighted by atomic mass is 32.2. The number of ether oxygens (including phenoxy) is 2. The second kappa shape index (κ2) is 14.5. The van der Waals surface area contributed by atoms with Gasteiger partial charge in [0.15, 0.2) is 4.80 Å². The van der Waals surface area contributed by atoms with E-state index >= 15 is 0 Å². The summed E-state index contributed by atoms with van der Waals surface area (Å²) < 4.78 is 39.8. The highest BCUT2D eigenvalue weighted by molar-refractivity contribution is 7.98. The molecule has 2 aromatic carbocycles. The SMILES string of the molecule is CCOC(=O)C1=C(C)N=c2s/c(=C/c3ccc(OC)c(CSc4nc(C(F)F)cc(C)c4C#N)c3)c(=O)n2C1c1ccc(N(C)C)cc1. The summed E-state index contributed by atoms with van der Waals surface area (Å²) in [6, 6.07) is 15.6. The average Bonchev–Trinajstić information content (AvgIpc) is 3.36. The number of thioether (sulfide) groups is 1. The lowest BCUT2D eigenvalue weighted by Crippen LogP contribution is -2.39. The largest absolute Gasteiger partial charge is 0.496 e. The third kappa shape index (κ3) is 6.90. The van der Waals surface area contributed by atoms with Crippen molar-refractivity contribution in [1.82, 2.24) is 9.55 Å². The zero-order valence-electron chi connectivity index (χ0n) is 27.2. The summed E-state index contributed by atoms with van der Waals surface area (Å²) in [4.78, 5) is 38.4. The second-order valence-electron chi connectivity index (χ2n) is 11.1. The van der Waals surface area contributed by atoms with E-state index in [2.05, 4.69) is 16.0 Å². The fourth-order valence-corrected chi connectivity index (χ4v) is 7.47. The zero-order valence-corrected chi connectivity index (χ0v) is 28.8. The Bertz CT molecular complexity index is 2130. The van der Waals surface area contributed by atoms with Crippen LogP contribution in [0.1, 0.15) is 59.8 Å². The predicted molar refractivity (Wildman–Crippen MR) is 182 cm³/mol. The number of esters is 1. The molecular weight excluding hydrogens is 657 g/mol. The zero-order chi connectivity index (χ0) is 34.7. The van der Waals surface area contributed by atoms with Crippen molar-refractivity contribution in [2.45, 2.75) is 44.0 Å². The molecule has 0 N–H and O–H groups in total. The first-order valence-corrected chi connectivity index (χ1v) is 16.7. The number of alkyl halides is 2. The number of carbonyl (C=O) groups is 1. The van der Waals surface area contributed by atoms with Gasteiger partial charge < -0.3 is 14.4 Å². The van der Waals surface area contributed by atoms with E-state index < -0.39 is 24.1 Å². The Balaban J connectivity index is 1.57. The molecule has 0 amide bonds. The Labute approximate surface area is 284 Å². The molecule has 9 nitrogen and oxygen atoms in total. The molecular formula is C35H33F2N5O4S2. The second-order valence-corrected chi connectivity index (χ2v) is 13.1. The molecule has 1 aliphatic heterocycles. The Kier molecular flexibility index (Phi) is 10.5. The summed E-state index contributed by atoms with van der Waals surface area (Å²) in [6.07, 6.45) is -1.02. The maximum atomic E-state index is 14.1. The van der Waals surface area contributed by atoms with Gasteiger partial charge in [-0.2, -0.15) is 5.26 Å². The maximum absolute atomic E-state index is 14.1. The number of methoxy groups -OCH3 is 1. The monoisotopic (exact) mass is 689 g/mol. The molecule has 13 heteroatoms. The number of rotatable bonds is 10. The molecule has 5 rings (SSSR count). The van der Waals surface area contributed by atoms with Crippen LogP contribution >= 0.6 is 23.1 Å². The molecule has 1 unspecified atom stereocenters. The van der Waals surface area contributed by atoms with E-state index in [0.717, 1.165) is 23.0 Å². The third-order valence-electron chi connectivity index (χ3n) is 7.75. The van der Waals surface area contributed by atoms with Gasteiger partial charge in [0.2, 0.25) is 0 Å². The minimum Gasteiger partial charge on any atom is -0.496 e. The predicted octanol–water partition coefficient (Wildman–Crippen LogP) is 5.68. The normalized spacial score (nSPS) is 14.4. The molecule has 48 heavy (non-hydrogen) atoms. The van der Waals surface area contributed by atoms with Gasteiger partial charge in [0.25, 0.3) is 12.0 Å². The van der Waals surface area contributed by atoms with Gasteiger partial charge in [0.1, 0.15) is 22.5 Å². The lowest BCUT2D eigenvalue weighted by atomic mass is 9.95. The molecule has 0 fully saturated rings. The van der Waals surface area contributed by atoms with E-state index in [-0.39, 0.29) is 28.5 Å². The highest BCUT2D eigenvalue weighted by Crippen LogP contribution is 2.34. The number of hydrogen-bond acceptors (Lipinski definition) is 10. The number of halogens is 2. The molecule has 0 aliphatic carbocycles. The molecule has 0 bridgehead atoms. The van der Waals surface area contributed by atoms with E-state index in [0.29, 0.717) is 43.0 Å². The van der Waals surface area contributed by atoms with Gasteiger partial charge >= 0.3 is 5.97 Å². The molecule has 248 valence electrons. The molecule has 2 aromatic heterocycles. The fraction of sp³-hybridized carbons (Fsp3) is 0.286. The van der Waals surface area contributed by atoms with Crippen molar-refractivity contribution in [3.05, 3.63) is 113 Å². The first-order valence-electron chi connectivity index (χ1n) is 14.9. The Hall–Kier alpha value is -4.80. The van der Waals surface area contributed by atoms with Gasteiger partial charge in [-0.15, -0.1) is 11.8 Å². The molecule has 4 aromatic rings. The van der Waals surface area contributed by atoms with Gasteiger partial charge in [-0.1, -0.05) is 29.5 Å². The molecule has 0 radical (unpaired) electrons. The topological polar surface area (TPSA) is 110 Å². The molecule has 1 atom stereocenters. The highest BCUT2D eigenvalue weighted by Gasteiger charge is 2.33. The van der Waals surface area contributed by atoms with Crippen LogP contribution in [0.25, 0.3) is 6.08 Å². The van der Waals surface area contributed by atoms with Crippen LogP contribution in [-0.2, 0) is 15.3 Å². The van der Waals surface area contributed by atoms with Crippen LogP contribution in [0.5, 0.6) is 5.75 Å². The number of carbonyl (C=O) groups excluding carboxylic acids is 1. The van der Waals surface area contributed by atoms with E-state index in [9.17, 15) is 23.6 Å². The number of nitrogens with zero attached hydrogens (tertiary/aromatic N) is 5. The standard InChI is InChI=1S/C35H33F2N5O4S2/c1-7-46-34(44)29-20(3)39-35-42(30(29)22-9-11-24(12-10-22)41(4)5)33(43)28(48-35)16-21-8-13-27(45-6)23(15-21)18-47-32-25(17-38)19(2)14-26(40-32)31(36)37/h8-16,30-31H,7,18H2,1-6H3/b28-16+. The summed E-state index contributed by atoms with van der Waals surface area (Å²) in [5, 5.41) is 9.86. The van der Waals surface area contributed by atoms with Crippen molar-refractivity contribution < 1.29 is 23.0 Å². The fourth-order valence-electron chi connectivity index (χ4n) is 5.38. The van der Waals surface area contributed by atoms with Crippen molar-refractivity contribution in [3.63, 3.8) is 0 Å². The van der Waals surface area contributed by atoms with E-state index in [1.165, 1.54) is 29.1 Å². The molecule has 0 spiro atoms. The number of pyridine rings is 1. The number of hydrogen-bond donors (Lipinski definition) is 0. The number of allylic oxidation sites excluding steroid dienone is 1. The lowest BCUT2D eigenvalue weighted by molar-refractivity contribution is -0.139. The summed E-state index contributed by atoms with van der Waals surface area (Å²) >= 11 is 2.37. The van der Waals surface area contributed by atoms with Crippen molar-refractivity contribution >= 4 is 40.8 Å². The van der Waals surface area contributed by atoms with Crippen LogP contribution in [0.4, 0.5) is 14.5 Å². The van der Waals surface area contributed by atoms with Gasteiger partial charge in [0, 0.05) is 31.1 Å². The van der Waals surface area contributed by atoms with Crippen LogP contribution in [-0.4, -0.2) is 43.3 Å². The Morgan fingerprint density at radius 2 is 1.92 bits per heavy atom. The van der Waals surface area contributed by atoms with Crippen molar-refractivity contribution in [3.8, 4) is 11.8 Å². The van der Waals surface area contributed by atoms with E-state index in [1.807, 2.05) is 49.3 Å². The number of nitriles is 1. The average molecular weight is 690 g/mol. The molecule has 1 aliphatic rings. The summed E-state index contributed by atoms with van der Waals surface area (Å²) in [5.41, 5.74) is 3.85. The number of benzene rings is 2. The number of aromatic nitrogens is 2. The quantitative estimate of drug-likeness (QED) is 0.155. The first kappa shape index (κ1) is 34.5. The van der Waals surface area contributed by atoms with Crippen LogP contribution in [0, 0.1) is 18.3 Å². The maximum Gasteiger partial charge on any atom is 0.338 e. The summed E-state index contributed by atoms with van der Waals surface area (Å²) in [7, 11) is 5.39. The van der Waals surface area contributed by atoms with Crippen molar-refractivity contribution in [1.29, 1.82) is 5.26 Å². The van der Waals surface area contributed by atoms with Crippen LogP contribution < -0.4 is 24.5 Å². The number of anilines is 1. The molecule has 3 heterocycles. The van der Waals surface area contributed by atoms with Gasteiger partial charge in [-0.05, 0) is 73.9 Å². The smallest absolute Gasteiger partial charge is 0.338 e. The number of aryl methyl sites for hydroxylation is 1. The van der Waals surface area contributed by atoms with Gasteiger partial charge in [-0.3, -0.25) is 9.36 Å². The molecule has 0 saturated carbocycles. The van der Waals surface area contributed by atoms with Crippen molar-refractivity contribution in [2.75, 3.05) is 32.7 Å². The Morgan fingerprint density at radius 1 is 1.19 bits per heavy atom.